The third-order valence-corrected chi connectivity index (χ3v) is 2.75. The fourth-order valence-corrected chi connectivity index (χ4v) is 1.77. The predicted molar refractivity (Wildman–Crippen MR) is 73.1 cm³/mol. The van der Waals surface area contributed by atoms with Crippen molar-refractivity contribution in [2.75, 3.05) is 24.6 Å². The lowest BCUT2D eigenvalue weighted by Crippen LogP contribution is -2.38. The maximum atomic E-state index is 12.3. The van der Waals surface area contributed by atoms with Gasteiger partial charge in [0.1, 0.15) is 0 Å². The molecule has 0 aliphatic carbocycles. The summed E-state index contributed by atoms with van der Waals surface area (Å²) in [5.41, 5.74) is 12.8. The SMILES string of the molecule is CC(C)N(CCCO)C(=O)c1ccc(N)cc1N. The van der Waals surface area contributed by atoms with Gasteiger partial charge in [-0.2, -0.15) is 0 Å². The molecule has 0 radical (unpaired) electrons. The second kappa shape index (κ2) is 6.26. The van der Waals surface area contributed by atoms with Gasteiger partial charge in [0.2, 0.25) is 0 Å². The lowest BCUT2D eigenvalue weighted by molar-refractivity contribution is 0.0694. The zero-order valence-electron chi connectivity index (χ0n) is 10.9. The van der Waals surface area contributed by atoms with Gasteiger partial charge in [-0.3, -0.25) is 4.79 Å². The monoisotopic (exact) mass is 251 g/mol. The molecule has 0 aromatic heterocycles. The third-order valence-electron chi connectivity index (χ3n) is 2.75. The van der Waals surface area contributed by atoms with Crippen molar-refractivity contribution in [2.45, 2.75) is 26.3 Å². The lowest BCUT2D eigenvalue weighted by Gasteiger charge is -2.27. The first-order valence-corrected chi connectivity index (χ1v) is 6.04. The largest absolute Gasteiger partial charge is 0.399 e. The van der Waals surface area contributed by atoms with Gasteiger partial charge in [0.05, 0.1) is 5.56 Å². The molecular weight excluding hydrogens is 230 g/mol. The highest BCUT2D eigenvalue weighted by atomic mass is 16.3. The van der Waals surface area contributed by atoms with Gasteiger partial charge in [-0.25, -0.2) is 0 Å². The third kappa shape index (κ3) is 3.37. The van der Waals surface area contributed by atoms with E-state index in [-0.39, 0.29) is 18.6 Å². The smallest absolute Gasteiger partial charge is 0.256 e. The molecule has 1 rings (SSSR count). The molecule has 1 aromatic carbocycles. The normalized spacial score (nSPS) is 10.7. The van der Waals surface area contributed by atoms with Crippen LogP contribution in [0.3, 0.4) is 0 Å². The second-order valence-corrected chi connectivity index (χ2v) is 4.52. The van der Waals surface area contributed by atoms with Crippen LogP contribution in [-0.4, -0.2) is 35.1 Å². The Labute approximate surface area is 107 Å². The van der Waals surface area contributed by atoms with E-state index in [2.05, 4.69) is 0 Å². The minimum atomic E-state index is -0.129. The van der Waals surface area contributed by atoms with Crippen molar-refractivity contribution in [1.29, 1.82) is 0 Å². The molecular formula is C13H21N3O2. The van der Waals surface area contributed by atoms with E-state index >= 15 is 0 Å². The number of aliphatic hydroxyl groups excluding tert-OH is 1. The number of anilines is 2. The van der Waals surface area contributed by atoms with Gasteiger partial charge < -0.3 is 21.5 Å². The number of nitrogens with two attached hydrogens (primary N) is 2. The van der Waals surface area contributed by atoms with Gasteiger partial charge in [-0.05, 0) is 38.5 Å². The van der Waals surface area contributed by atoms with Gasteiger partial charge in [-0.1, -0.05) is 0 Å². The first-order chi connectivity index (χ1) is 8.47. The molecule has 18 heavy (non-hydrogen) atoms. The van der Waals surface area contributed by atoms with E-state index in [1.807, 2.05) is 13.8 Å². The zero-order valence-corrected chi connectivity index (χ0v) is 10.9. The summed E-state index contributed by atoms with van der Waals surface area (Å²) in [5.74, 6) is -0.129. The van der Waals surface area contributed by atoms with E-state index in [0.29, 0.717) is 29.9 Å². The Bertz CT molecular complexity index is 419. The highest BCUT2D eigenvalue weighted by Gasteiger charge is 2.20. The molecule has 5 N–H and O–H groups in total. The van der Waals surface area contributed by atoms with E-state index in [1.54, 1.807) is 23.1 Å². The number of rotatable bonds is 5. The van der Waals surface area contributed by atoms with Crippen LogP contribution in [0.15, 0.2) is 18.2 Å². The van der Waals surface area contributed by atoms with Crippen LogP contribution in [0.1, 0.15) is 30.6 Å². The number of carbonyl (C=O) groups is 1. The first kappa shape index (κ1) is 14.3. The summed E-state index contributed by atoms with van der Waals surface area (Å²) in [5, 5.41) is 8.86. The minimum Gasteiger partial charge on any atom is -0.399 e. The number of amides is 1. The maximum Gasteiger partial charge on any atom is 0.256 e. The van der Waals surface area contributed by atoms with E-state index < -0.39 is 0 Å². The summed E-state index contributed by atoms with van der Waals surface area (Å²) >= 11 is 0. The average Bonchev–Trinajstić information content (AvgIpc) is 2.28. The Hall–Kier alpha value is -1.75. The molecule has 0 saturated heterocycles. The van der Waals surface area contributed by atoms with Crippen molar-refractivity contribution in [3.8, 4) is 0 Å². The Morgan fingerprint density at radius 2 is 2.06 bits per heavy atom. The maximum absolute atomic E-state index is 12.3. The van der Waals surface area contributed by atoms with Crippen molar-refractivity contribution < 1.29 is 9.90 Å². The molecule has 0 saturated carbocycles. The molecule has 0 aliphatic rings. The number of aliphatic hydroxyl groups is 1. The Balaban J connectivity index is 2.94. The molecule has 5 nitrogen and oxygen atoms in total. The number of nitrogens with zero attached hydrogens (tertiary/aromatic N) is 1. The first-order valence-electron chi connectivity index (χ1n) is 6.04. The summed E-state index contributed by atoms with van der Waals surface area (Å²) in [6, 6.07) is 4.94. The summed E-state index contributed by atoms with van der Waals surface area (Å²) in [6.45, 7) is 4.44. The predicted octanol–water partition coefficient (Wildman–Crippen LogP) is 1.08. The molecule has 0 spiro atoms. The molecule has 1 amide bonds. The zero-order chi connectivity index (χ0) is 13.7. The summed E-state index contributed by atoms with van der Waals surface area (Å²) in [4.78, 5) is 14.0. The van der Waals surface area contributed by atoms with E-state index in [0.717, 1.165) is 0 Å². The quantitative estimate of drug-likeness (QED) is 0.683. The summed E-state index contributed by atoms with van der Waals surface area (Å²) in [6.07, 6.45) is 0.554. The van der Waals surface area contributed by atoms with Gasteiger partial charge in [-0.15, -0.1) is 0 Å². The van der Waals surface area contributed by atoms with E-state index in [4.69, 9.17) is 16.6 Å². The van der Waals surface area contributed by atoms with Crippen LogP contribution in [0, 0.1) is 0 Å². The Kier molecular flexibility index (Phi) is 4.97. The van der Waals surface area contributed by atoms with Crippen molar-refractivity contribution in [3.05, 3.63) is 23.8 Å². The molecule has 100 valence electrons. The van der Waals surface area contributed by atoms with Crippen molar-refractivity contribution in [2.24, 2.45) is 0 Å². The summed E-state index contributed by atoms with van der Waals surface area (Å²) in [7, 11) is 0. The van der Waals surface area contributed by atoms with Crippen LogP contribution in [-0.2, 0) is 0 Å². The van der Waals surface area contributed by atoms with Gasteiger partial charge in [0.15, 0.2) is 0 Å². The van der Waals surface area contributed by atoms with Gasteiger partial charge in [0.25, 0.3) is 5.91 Å². The van der Waals surface area contributed by atoms with Crippen LogP contribution in [0.5, 0.6) is 0 Å². The van der Waals surface area contributed by atoms with Crippen molar-refractivity contribution >= 4 is 17.3 Å². The average molecular weight is 251 g/mol. The van der Waals surface area contributed by atoms with Crippen LogP contribution in [0.4, 0.5) is 11.4 Å². The van der Waals surface area contributed by atoms with Crippen LogP contribution in [0.2, 0.25) is 0 Å². The molecule has 0 bridgehead atoms. The number of carbonyl (C=O) groups excluding carboxylic acids is 1. The van der Waals surface area contributed by atoms with Gasteiger partial charge in [0, 0.05) is 30.6 Å². The molecule has 1 aromatic rings. The molecule has 0 heterocycles. The molecule has 0 atom stereocenters. The number of hydrogen-bond acceptors (Lipinski definition) is 4. The fourth-order valence-electron chi connectivity index (χ4n) is 1.77. The van der Waals surface area contributed by atoms with Crippen molar-refractivity contribution in [1.82, 2.24) is 4.90 Å². The molecule has 0 fully saturated rings. The second-order valence-electron chi connectivity index (χ2n) is 4.52. The van der Waals surface area contributed by atoms with E-state index in [9.17, 15) is 4.79 Å². The highest BCUT2D eigenvalue weighted by molar-refractivity contribution is 5.99. The van der Waals surface area contributed by atoms with E-state index in [1.165, 1.54) is 0 Å². The highest BCUT2D eigenvalue weighted by Crippen LogP contribution is 2.19. The topological polar surface area (TPSA) is 92.6 Å². The number of nitrogen functional groups attached to an aromatic ring is 2. The van der Waals surface area contributed by atoms with Crippen LogP contribution in [0.25, 0.3) is 0 Å². The summed E-state index contributed by atoms with van der Waals surface area (Å²) < 4.78 is 0. The molecule has 5 heteroatoms. The Morgan fingerprint density at radius 1 is 1.39 bits per heavy atom. The number of benzene rings is 1. The molecule has 0 unspecified atom stereocenters. The minimum absolute atomic E-state index is 0.0565. The lowest BCUT2D eigenvalue weighted by atomic mass is 10.1. The van der Waals surface area contributed by atoms with Crippen molar-refractivity contribution in [3.63, 3.8) is 0 Å². The van der Waals surface area contributed by atoms with Crippen LogP contribution < -0.4 is 11.5 Å². The Morgan fingerprint density at radius 3 is 2.56 bits per heavy atom. The van der Waals surface area contributed by atoms with Gasteiger partial charge >= 0.3 is 0 Å². The number of hydrogen-bond donors (Lipinski definition) is 3. The van der Waals surface area contributed by atoms with Crippen LogP contribution >= 0.6 is 0 Å². The standard InChI is InChI=1S/C13H21N3O2/c1-9(2)16(6-3-7-17)13(18)11-5-4-10(14)8-12(11)15/h4-5,8-9,17H,3,6-7,14-15H2,1-2H3. The fraction of sp³-hybridized carbons (Fsp3) is 0.462. The molecule has 0 aliphatic heterocycles.